The van der Waals surface area contributed by atoms with Crippen molar-refractivity contribution < 1.29 is 58.7 Å². The number of hydrogen-bond donors (Lipinski definition) is 1. The van der Waals surface area contributed by atoms with Gasteiger partial charge in [-0.25, -0.2) is 4.79 Å². The van der Waals surface area contributed by atoms with Gasteiger partial charge in [0.05, 0.1) is 7.11 Å². The van der Waals surface area contributed by atoms with Crippen LogP contribution in [-0.2, 0) is 9.53 Å². The van der Waals surface area contributed by atoms with E-state index in [2.05, 4.69) is 10.0 Å². The fourth-order valence-electron chi connectivity index (χ4n) is 2.72. The molecule has 1 N–H and O–H groups in total. The van der Waals surface area contributed by atoms with E-state index >= 15 is 0 Å². The summed E-state index contributed by atoms with van der Waals surface area (Å²) in [4.78, 5) is 14.7. The number of rotatable bonds is 3. The van der Waals surface area contributed by atoms with Crippen molar-refractivity contribution in [3.63, 3.8) is 0 Å². The molecular weight excluding hydrogens is 497 g/mol. The van der Waals surface area contributed by atoms with E-state index in [-0.39, 0.29) is 67.7 Å². The smallest absolute Gasteiger partial charge is 0.333 e. The summed E-state index contributed by atoms with van der Waals surface area (Å²) in [7, 11) is 1.32. The van der Waals surface area contributed by atoms with E-state index in [0.717, 1.165) is 0 Å². The molecular formula is C15H17AcN3O3. The SMILES string of the molecule is COC(=O)C1=CC(c2ccccc2O)C(C)C(N=[N+]=[N-])C1.[Ac]. The summed E-state index contributed by atoms with van der Waals surface area (Å²) in [5.74, 6) is -0.496. The number of nitrogens with zero attached hydrogens (tertiary/aromatic N) is 3. The number of para-hydroxylation sites is 1. The molecule has 0 heterocycles. The predicted octanol–water partition coefficient (Wildman–Crippen LogP) is 3.29. The minimum absolute atomic E-state index is 0. The zero-order chi connectivity index (χ0) is 15.4. The fraction of sp³-hybridized carbons (Fsp3) is 0.400. The summed E-state index contributed by atoms with van der Waals surface area (Å²) in [5.41, 5.74) is 9.89. The first kappa shape index (κ1) is 19.0. The molecule has 6 nitrogen and oxygen atoms in total. The van der Waals surface area contributed by atoms with Crippen molar-refractivity contribution in [2.45, 2.75) is 25.3 Å². The van der Waals surface area contributed by atoms with Crippen LogP contribution in [0.25, 0.3) is 10.4 Å². The molecule has 22 heavy (non-hydrogen) atoms. The van der Waals surface area contributed by atoms with E-state index in [4.69, 9.17) is 10.3 Å². The van der Waals surface area contributed by atoms with Crippen LogP contribution in [0.3, 0.4) is 0 Å². The van der Waals surface area contributed by atoms with Gasteiger partial charge in [0.25, 0.3) is 0 Å². The number of hydrogen-bond acceptors (Lipinski definition) is 4. The van der Waals surface area contributed by atoms with Gasteiger partial charge in [-0.3, -0.25) is 0 Å². The summed E-state index contributed by atoms with van der Waals surface area (Å²) in [6.45, 7) is 1.95. The van der Waals surface area contributed by atoms with Gasteiger partial charge < -0.3 is 9.84 Å². The van der Waals surface area contributed by atoms with Gasteiger partial charge in [-0.05, 0) is 23.9 Å². The first-order valence-corrected chi connectivity index (χ1v) is 6.69. The first-order chi connectivity index (χ1) is 10.1. The number of benzene rings is 1. The molecule has 113 valence electrons. The zero-order valence-corrected chi connectivity index (χ0v) is 17.3. The normalized spacial score (nSPS) is 23.5. The van der Waals surface area contributed by atoms with Gasteiger partial charge in [-0.15, -0.1) is 0 Å². The van der Waals surface area contributed by atoms with Gasteiger partial charge >= 0.3 is 5.97 Å². The Morgan fingerprint density at radius 2 is 2.14 bits per heavy atom. The standard InChI is InChI=1S/C15H17N3O3.Ac/c1-9-12(11-5-3-4-6-14(11)19)7-10(15(20)21-2)8-13(9)17-18-16;/h3-7,9,12-13,19H,8H2,1-2H3;. The summed E-state index contributed by atoms with van der Waals surface area (Å²) in [5, 5.41) is 13.8. The van der Waals surface area contributed by atoms with Crippen molar-refractivity contribution >= 4 is 5.97 Å². The molecule has 2 rings (SSSR count). The maximum absolute atomic E-state index is 11.8. The van der Waals surface area contributed by atoms with Crippen LogP contribution in [0, 0.1) is 50.0 Å². The number of phenolic OH excluding ortho intramolecular Hbond substituents is 1. The molecule has 0 spiro atoms. The molecule has 3 atom stereocenters. The number of ether oxygens (including phenoxy) is 1. The topological polar surface area (TPSA) is 95.3 Å². The second-order valence-corrected chi connectivity index (χ2v) is 5.10. The van der Waals surface area contributed by atoms with E-state index in [0.29, 0.717) is 17.6 Å². The Bertz CT molecular complexity index is 626. The van der Waals surface area contributed by atoms with Gasteiger partial charge in [0.1, 0.15) is 5.75 Å². The maximum Gasteiger partial charge on any atom is 0.333 e. The van der Waals surface area contributed by atoms with Crippen molar-refractivity contribution in [1.29, 1.82) is 0 Å². The molecule has 0 amide bonds. The van der Waals surface area contributed by atoms with E-state index in [1.54, 1.807) is 24.3 Å². The molecule has 0 fully saturated rings. The fourth-order valence-corrected chi connectivity index (χ4v) is 2.72. The largest absolute Gasteiger partial charge is 0.508 e. The number of esters is 1. The Morgan fingerprint density at radius 3 is 2.73 bits per heavy atom. The minimum Gasteiger partial charge on any atom is -0.508 e. The molecule has 1 radical (unpaired) electrons. The average molecular weight is 514 g/mol. The number of methoxy groups -OCH3 is 1. The average Bonchev–Trinajstić information content (AvgIpc) is 2.49. The predicted molar refractivity (Wildman–Crippen MR) is 77.7 cm³/mol. The van der Waals surface area contributed by atoms with Crippen LogP contribution in [0.4, 0.5) is 0 Å². The maximum atomic E-state index is 11.8. The van der Waals surface area contributed by atoms with Crippen molar-refractivity contribution in [2.24, 2.45) is 11.0 Å². The quantitative estimate of drug-likeness (QED) is 0.290. The molecule has 7 heteroatoms. The number of carbonyl (C=O) groups excluding carboxylic acids is 1. The molecule has 0 saturated heterocycles. The number of aromatic hydroxyl groups is 1. The summed E-state index contributed by atoms with van der Waals surface area (Å²) in [6, 6.07) is 6.62. The van der Waals surface area contributed by atoms with E-state index in [1.807, 2.05) is 13.0 Å². The van der Waals surface area contributed by atoms with Crippen LogP contribution in [0.2, 0.25) is 0 Å². The van der Waals surface area contributed by atoms with Crippen molar-refractivity contribution in [2.75, 3.05) is 7.11 Å². The summed E-state index contributed by atoms with van der Waals surface area (Å²) < 4.78 is 4.76. The van der Waals surface area contributed by atoms with Crippen molar-refractivity contribution in [1.82, 2.24) is 0 Å². The Morgan fingerprint density at radius 1 is 1.45 bits per heavy atom. The third kappa shape index (κ3) is 4.04. The van der Waals surface area contributed by atoms with Gasteiger partial charge in [0.2, 0.25) is 0 Å². The summed E-state index contributed by atoms with van der Waals surface area (Å²) in [6.07, 6.45) is 2.15. The van der Waals surface area contributed by atoms with E-state index in [9.17, 15) is 9.90 Å². The molecule has 0 bridgehead atoms. The van der Waals surface area contributed by atoms with Crippen LogP contribution in [0.5, 0.6) is 5.75 Å². The zero-order valence-electron chi connectivity index (χ0n) is 12.5. The van der Waals surface area contributed by atoms with Gasteiger partial charge in [-0.1, -0.05) is 36.3 Å². The molecule has 1 aliphatic rings. The molecule has 0 aromatic heterocycles. The van der Waals surface area contributed by atoms with E-state index < -0.39 is 5.97 Å². The molecule has 1 aromatic rings. The van der Waals surface area contributed by atoms with Gasteiger partial charge in [0.15, 0.2) is 0 Å². The molecule has 0 saturated carbocycles. The van der Waals surface area contributed by atoms with Crippen molar-refractivity contribution in [3.8, 4) is 5.75 Å². The summed E-state index contributed by atoms with van der Waals surface area (Å²) >= 11 is 0. The molecule has 1 aliphatic carbocycles. The number of allylic oxidation sites excluding steroid dienone is 1. The Balaban J connectivity index is 0.00000242. The van der Waals surface area contributed by atoms with Gasteiger partial charge in [0, 0.05) is 72.1 Å². The molecule has 1 aromatic carbocycles. The Labute approximate surface area is 164 Å². The Hall–Kier alpha value is -1.02. The minimum atomic E-state index is -0.430. The van der Waals surface area contributed by atoms with E-state index in [1.165, 1.54) is 7.11 Å². The van der Waals surface area contributed by atoms with Crippen LogP contribution >= 0.6 is 0 Å². The van der Waals surface area contributed by atoms with Crippen LogP contribution in [0.15, 0.2) is 41.0 Å². The van der Waals surface area contributed by atoms with Crippen LogP contribution in [-0.4, -0.2) is 24.2 Å². The van der Waals surface area contributed by atoms with Crippen LogP contribution < -0.4 is 0 Å². The number of azide groups is 1. The Kier molecular flexibility index (Phi) is 7.41. The molecule has 3 unspecified atom stereocenters. The third-order valence-corrected chi connectivity index (χ3v) is 3.93. The monoisotopic (exact) mass is 514 g/mol. The number of phenols is 1. The molecule has 0 aliphatic heterocycles. The van der Waals surface area contributed by atoms with Crippen LogP contribution in [0.1, 0.15) is 24.8 Å². The van der Waals surface area contributed by atoms with Crippen molar-refractivity contribution in [3.05, 3.63) is 51.9 Å². The number of carbonyl (C=O) groups is 1. The third-order valence-electron chi connectivity index (χ3n) is 3.93. The second kappa shape index (κ2) is 8.57. The first-order valence-electron chi connectivity index (χ1n) is 6.69. The van der Waals surface area contributed by atoms with Gasteiger partial charge in [-0.2, -0.15) is 0 Å². The second-order valence-electron chi connectivity index (χ2n) is 5.10.